The van der Waals surface area contributed by atoms with Crippen molar-refractivity contribution < 1.29 is 9.59 Å². The van der Waals surface area contributed by atoms with Crippen LogP contribution in [0.25, 0.3) is 0 Å². The molecule has 1 aromatic carbocycles. The van der Waals surface area contributed by atoms with Crippen LogP contribution in [0.5, 0.6) is 0 Å². The van der Waals surface area contributed by atoms with Crippen LogP contribution in [0.2, 0.25) is 0 Å². The molecule has 0 aromatic heterocycles. The quantitative estimate of drug-likeness (QED) is 0.719. The van der Waals surface area contributed by atoms with Crippen molar-refractivity contribution in [3.63, 3.8) is 0 Å². The van der Waals surface area contributed by atoms with E-state index in [0.29, 0.717) is 12.8 Å². The summed E-state index contributed by atoms with van der Waals surface area (Å²) in [5.74, 6) is 2.26. The van der Waals surface area contributed by atoms with E-state index in [1.807, 2.05) is 18.2 Å². The second-order valence-electron chi connectivity index (χ2n) is 4.71. The Balaban J connectivity index is 2.02. The van der Waals surface area contributed by atoms with Gasteiger partial charge in [0.1, 0.15) is 6.04 Å². The zero-order valence-corrected chi connectivity index (χ0v) is 11.3. The Labute approximate surface area is 118 Å². The molecule has 3 N–H and O–H groups in total. The lowest BCUT2D eigenvalue weighted by molar-refractivity contribution is -0.121. The summed E-state index contributed by atoms with van der Waals surface area (Å²) in [6, 6.07) is 5.27. The standard InChI is InChI=1S/C15H17N3O2/c1-3-8-16-15(20)10(2)17-12-5-6-13-11(9-12)4-7-14(19)18-13/h1,5-6,9-10,17H,4,7-8H2,2H3,(H,16,20)(H,18,19)/t10-/m0/s1. The third-order valence-corrected chi connectivity index (χ3v) is 3.14. The molecule has 1 aliphatic rings. The maximum atomic E-state index is 11.7. The largest absolute Gasteiger partial charge is 0.374 e. The molecule has 1 heterocycles. The first-order chi connectivity index (χ1) is 9.60. The monoisotopic (exact) mass is 271 g/mol. The van der Waals surface area contributed by atoms with Gasteiger partial charge in [0.15, 0.2) is 0 Å². The molecule has 1 aliphatic heterocycles. The Kier molecular flexibility index (Phi) is 4.26. The molecule has 0 fully saturated rings. The topological polar surface area (TPSA) is 70.2 Å². The van der Waals surface area contributed by atoms with Crippen LogP contribution < -0.4 is 16.0 Å². The second kappa shape index (κ2) is 6.11. The van der Waals surface area contributed by atoms with Gasteiger partial charge in [0.25, 0.3) is 0 Å². The van der Waals surface area contributed by atoms with E-state index in [0.717, 1.165) is 16.9 Å². The van der Waals surface area contributed by atoms with Crippen LogP contribution in [0, 0.1) is 12.3 Å². The summed E-state index contributed by atoms with van der Waals surface area (Å²) in [7, 11) is 0. The van der Waals surface area contributed by atoms with E-state index in [9.17, 15) is 9.59 Å². The molecule has 20 heavy (non-hydrogen) atoms. The first kappa shape index (κ1) is 13.9. The molecule has 0 unspecified atom stereocenters. The first-order valence-electron chi connectivity index (χ1n) is 6.50. The van der Waals surface area contributed by atoms with Gasteiger partial charge in [0, 0.05) is 17.8 Å². The maximum absolute atomic E-state index is 11.7. The van der Waals surface area contributed by atoms with Crippen molar-refractivity contribution in [1.29, 1.82) is 0 Å². The van der Waals surface area contributed by atoms with Crippen LogP contribution in [0.3, 0.4) is 0 Å². The van der Waals surface area contributed by atoms with Gasteiger partial charge >= 0.3 is 0 Å². The Morgan fingerprint density at radius 2 is 2.30 bits per heavy atom. The number of anilines is 2. The lowest BCUT2D eigenvalue weighted by Crippen LogP contribution is -2.37. The van der Waals surface area contributed by atoms with E-state index in [1.54, 1.807) is 6.92 Å². The van der Waals surface area contributed by atoms with Crippen molar-refractivity contribution in [1.82, 2.24) is 5.32 Å². The highest BCUT2D eigenvalue weighted by molar-refractivity contribution is 5.94. The highest BCUT2D eigenvalue weighted by Crippen LogP contribution is 2.25. The van der Waals surface area contributed by atoms with Crippen molar-refractivity contribution in [2.45, 2.75) is 25.8 Å². The predicted octanol–water partition coefficient (Wildman–Crippen LogP) is 1.12. The number of carbonyl (C=O) groups is 2. The normalized spacial score (nSPS) is 14.5. The van der Waals surface area contributed by atoms with Crippen LogP contribution in [0.1, 0.15) is 18.9 Å². The first-order valence-corrected chi connectivity index (χ1v) is 6.50. The molecule has 0 saturated heterocycles. The van der Waals surface area contributed by atoms with Crippen LogP contribution in [0.15, 0.2) is 18.2 Å². The third-order valence-electron chi connectivity index (χ3n) is 3.14. The molecule has 0 bridgehead atoms. The summed E-state index contributed by atoms with van der Waals surface area (Å²) >= 11 is 0. The molecule has 0 radical (unpaired) electrons. The highest BCUT2D eigenvalue weighted by atomic mass is 16.2. The van der Waals surface area contributed by atoms with Crippen LogP contribution in [-0.4, -0.2) is 24.4 Å². The highest BCUT2D eigenvalue weighted by Gasteiger charge is 2.16. The molecular weight excluding hydrogens is 254 g/mol. The Hall–Kier alpha value is -2.48. The van der Waals surface area contributed by atoms with Crippen molar-refractivity contribution >= 4 is 23.2 Å². The van der Waals surface area contributed by atoms with E-state index in [-0.39, 0.29) is 24.4 Å². The number of fused-ring (bicyclic) bond motifs is 1. The molecular formula is C15H17N3O2. The number of aryl methyl sites for hydroxylation is 1. The van der Waals surface area contributed by atoms with Crippen molar-refractivity contribution in [3.05, 3.63) is 23.8 Å². The summed E-state index contributed by atoms with van der Waals surface area (Å²) in [6.07, 6.45) is 6.31. The number of rotatable bonds is 4. The van der Waals surface area contributed by atoms with Gasteiger partial charge in [-0.3, -0.25) is 9.59 Å². The van der Waals surface area contributed by atoms with Crippen molar-refractivity contribution in [2.75, 3.05) is 17.2 Å². The summed E-state index contributed by atoms with van der Waals surface area (Å²) in [4.78, 5) is 23.0. The lowest BCUT2D eigenvalue weighted by atomic mass is 10.0. The molecule has 104 valence electrons. The van der Waals surface area contributed by atoms with Gasteiger partial charge in [-0.15, -0.1) is 6.42 Å². The fourth-order valence-electron chi connectivity index (χ4n) is 2.08. The molecule has 0 spiro atoms. The average molecular weight is 271 g/mol. The summed E-state index contributed by atoms with van der Waals surface area (Å²) in [5.41, 5.74) is 2.77. The molecule has 2 amide bonds. The Morgan fingerprint density at radius 3 is 3.05 bits per heavy atom. The SMILES string of the molecule is C#CCNC(=O)[C@H](C)Nc1ccc2c(c1)CCC(=O)N2. The summed E-state index contributed by atoms with van der Waals surface area (Å²) in [6.45, 7) is 1.99. The minimum absolute atomic E-state index is 0.0419. The van der Waals surface area contributed by atoms with Crippen molar-refractivity contribution in [2.24, 2.45) is 0 Å². The van der Waals surface area contributed by atoms with E-state index in [4.69, 9.17) is 6.42 Å². The number of carbonyl (C=O) groups excluding carboxylic acids is 2. The molecule has 2 rings (SSSR count). The number of amides is 2. The summed E-state index contributed by atoms with van der Waals surface area (Å²) < 4.78 is 0. The van der Waals surface area contributed by atoms with Crippen molar-refractivity contribution in [3.8, 4) is 12.3 Å². The van der Waals surface area contributed by atoms with Gasteiger partial charge < -0.3 is 16.0 Å². The minimum Gasteiger partial charge on any atom is -0.374 e. The fraction of sp³-hybridized carbons (Fsp3) is 0.333. The minimum atomic E-state index is -0.375. The Bertz CT molecular complexity index is 575. The van der Waals surface area contributed by atoms with Crippen LogP contribution >= 0.6 is 0 Å². The number of terminal acetylenes is 1. The van der Waals surface area contributed by atoms with Crippen LogP contribution in [-0.2, 0) is 16.0 Å². The number of nitrogens with one attached hydrogen (secondary N) is 3. The van der Waals surface area contributed by atoms with Crippen LogP contribution in [0.4, 0.5) is 11.4 Å². The van der Waals surface area contributed by atoms with Gasteiger partial charge in [-0.25, -0.2) is 0 Å². The van der Waals surface area contributed by atoms with Gasteiger partial charge in [0.05, 0.1) is 6.54 Å². The van der Waals surface area contributed by atoms with Gasteiger partial charge in [-0.2, -0.15) is 0 Å². The molecule has 0 aliphatic carbocycles. The molecule has 1 aromatic rings. The zero-order valence-electron chi connectivity index (χ0n) is 11.3. The van der Waals surface area contributed by atoms with Gasteiger partial charge in [0.2, 0.25) is 11.8 Å². The smallest absolute Gasteiger partial charge is 0.242 e. The molecule has 5 heteroatoms. The number of benzene rings is 1. The molecule has 0 saturated carbocycles. The van der Waals surface area contributed by atoms with Gasteiger partial charge in [-0.05, 0) is 37.1 Å². The number of hydrogen-bond donors (Lipinski definition) is 3. The lowest BCUT2D eigenvalue weighted by Gasteiger charge is -2.19. The van der Waals surface area contributed by atoms with E-state index in [2.05, 4.69) is 21.9 Å². The molecule has 1 atom stereocenters. The maximum Gasteiger partial charge on any atom is 0.242 e. The predicted molar refractivity (Wildman–Crippen MR) is 78.3 cm³/mol. The van der Waals surface area contributed by atoms with Gasteiger partial charge in [-0.1, -0.05) is 5.92 Å². The Morgan fingerprint density at radius 1 is 1.50 bits per heavy atom. The zero-order chi connectivity index (χ0) is 14.5. The average Bonchev–Trinajstić information content (AvgIpc) is 2.44. The van der Waals surface area contributed by atoms with E-state index < -0.39 is 0 Å². The summed E-state index contributed by atoms with van der Waals surface area (Å²) in [5, 5.41) is 8.57. The van der Waals surface area contributed by atoms with E-state index >= 15 is 0 Å². The third kappa shape index (κ3) is 3.29. The molecule has 5 nitrogen and oxygen atoms in total. The number of hydrogen-bond acceptors (Lipinski definition) is 3. The fourth-order valence-corrected chi connectivity index (χ4v) is 2.08. The second-order valence-corrected chi connectivity index (χ2v) is 4.71. The van der Waals surface area contributed by atoms with E-state index in [1.165, 1.54) is 0 Å².